The van der Waals surface area contributed by atoms with Gasteiger partial charge in [0, 0.05) is 0 Å². The third kappa shape index (κ3) is 4.07. The number of aliphatic hydroxyl groups excluding tert-OH is 1. The molecule has 0 bridgehead atoms. The third-order valence-electron chi connectivity index (χ3n) is 1.32. The summed E-state index contributed by atoms with van der Waals surface area (Å²) in [5.41, 5.74) is 1.18. The SMILES string of the molecule is CCCC(=CO)CCC. The van der Waals surface area contributed by atoms with E-state index in [0.29, 0.717) is 0 Å². The van der Waals surface area contributed by atoms with Gasteiger partial charge in [-0.15, -0.1) is 0 Å². The molecule has 0 aromatic carbocycles. The molecule has 9 heavy (non-hydrogen) atoms. The second-order valence-electron chi connectivity index (χ2n) is 2.29. The first-order chi connectivity index (χ1) is 4.35. The van der Waals surface area contributed by atoms with E-state index in [4.69, 9.17) is 5.11 Å². The highest BCUT2D eigenvalue weighted by Gasteiger charge is 1.92. The molecule has 1 nitrogen and oxygen atoms in total. The summed E-state index contributed by atoms with van der Waals surface area (Å²) in [7, 11) is 0. The lowest BCUT2D eigenvalue weighted by Crippen LogP contribution is -1.81. The first-order valence-corrected chi connectivity index (χ1v) is 3.67. The van der Waals surface area contributed by atoms with Crippen LogP contribution in [0.4, 0.5) is 0 Å². The topological polar surface area (TPSA) is 20.2 Å². The zero-order valence-electron chi connectivity index (χ0n) is 6.35. The fourth-order valence-corrected chi connectivity index (χ4v) is 0.896. The lowest BCUT2D eigenvalue weighted by molar-refractivity contribution is 0.460. The van der Waals surface area contributed by atoms with Gasteiger partial charge in [0.15, 0.2) is 0 Å². The van der Waals surface area contributed by atoms with E-state index in [1.807, 2.05) is 0 Å². The lowest BCUT2D eigenvalue weighted by atomic mass is 10.1. The molecule has 0 amide bonds. The Morgan fingerprint density at radius 2 is 1.67 bits per heavy atom. The van der Waals surface area contributed by atoms with Crippen molar-refractivity contribution in [3.8, 4) is 0 Å². The molecule has 0 aromatic heterocycles. The van der Waals surface area contributed by atoms with Crippen molar-refractivity contribution >= 4 is 0 Å². The molecule has 0 aliphatic carbocycles. The molecule has 0 saturated carbocycles. The predicted octanol–water partition coefficient (Wildman–Crippen LogP) is 3.03. The molecular formula is C8H16O. The highest BCUT2D eigenvalue weighted by atomic mass is 16.2. The molecule has 0 aliphatic rings. The first kappa shape index (κ1) is 8.54. The van der Waals surface area contributed by atoms with Gasteiger partial charge in [-0.1, -0.05) is 26.7 Å². The molecule has 0 heterocycles. The van der Waals surface area contributed by atoms with Crippen LogP contribution in [0.1, 0.15) is 39.5 Å². The summed E-state index contributed by atoms with van der Waals surface area (Å²) in [6.07, 6.45) is 5.61. The Bertz CT molecular complexity index is 76.6. The molecule has 0 fully saturated rings. The Morgan fingerprint density at radius 3 is 1.89 bits per heavy atom. The minimum absolute atomic E-state index is 1.05. The van der Waals surface area contributed by atoms with Crippen LogP contribution in [-0.4, -0.2) is 5.11 Å². The van der Waals surface area contributed by atoms with E-state index in [9.17, 15) is 0 Å². The Balaban J connectivity index is 3.43. The number of allylic oxidation sites excluding steroid dienone is 1. The van der Waals surface area contributed by atoms with Gasteiger partial charge in [0.2, 0.25) is 0 Å². The van der Waals surface area contributed by atoms with Crippen LogP contribution in [0.3, 0.4) is 0 Å². The van der Waals surface area contributed by atoms with Crippen molar-refractivity contribution in [3.05, 3.63) is 11.8 Å². The number of aliphatic hydroxyl groups is 1. The number of hydrogen-bond donors (Lipinski definition) is 1. The molecular weight excluding hydrogens is 112 g/mol. The molecule has 0 saturated heterocycles. The summed E-state index contributed by atoms with van der Waals surface area (Å²) in [4.78, 5) is 0. The molecule has 0 aliphatic heterocycles. The maximum absolute atomic E-state index is 8.63. The summed E-state index contributed by atoms with van der Waals surface area (Å²) in [6.45, 7) is 4.25. The summed E-state index contributed by atoms with van der Waals surface area (Å²) < 4.78 is 0. The smallest absolute Gasteiger partial charge is 0.0783 e. The van der Waals surface area contributed by atoms with E-state index in [-0.39, 0.29) is 0 Å². The van der Waals surface area contributed by atoms with Crippen LogP contribution < -0.4 is 0 Å². The summed E-state index contributed by atoms with van der Waals surface area (Å²) >= 11 is 0. The average Bonchev–Trinajstić information content (AvgIpc) is 1.88. The van der Waals surface area contributed by atoms with Gasteiger partial charge in [-0.05, 0) is 18.4 Å². The van der Waals surface area contributed by atoms with Crippen LogP contribution in [0.5, 0.6) is 0 Å². The first-order valence-electron chi connectivity index (χ1n) is 3.67. The number of rotatable bonds is 4. The highest BCUT2D eigenvalue weighted by molar-refractivity contribution is 4.95. The van der Waals surface area contributed by atoms with E-state index in [1.165, 1.54) is 11.8 Å². The van der Waals surface area contributed by atoms with Crippen LogP contribution >= 0.6 is 0 Å². The Morgan fingerprint density at radius 1 is 1.22 bits per heavy atom. The van der Waals surface area contributed by atoms with E-state index in [2.05, 4.69) is 13.8 Å². The van der Waals surface area contributed by atoms with Gasteiger partial charge < -0.3 is 5.11 Å². The van der Waals surface area contributed by atoms with Gasteiger partial charge in [0.1, 0.15) is 0 Å². The quantitative estimate of drug-likeness (QED) is 0.577. The van der Waals surface area contributed by atoms with Gasteiger partial charge in [-0.2, -0.15) is 0 Å². The second kappa shape index (κ2) is 5.67. The van der Waals surface area contributed by atoms with Crippen LogP contribution in [0, 0.1) is 0 Å². The van der Waals surface area contributed by atoms with Crippen molar-refractivity contribution in [3.63, 3.8) is 0 Å². The molecule has 0 atom stereocenters. The van der Waals surface area contributed by atoms with E-state index in [0.717, 1.165) is 25.7 Å². The predicted molar refractivity (Wildman–Crippen MR) is 40.5 cm³/mol. The minimum Gasteiger partial charge on any atom is -0.516 e. The van der Waals surface area contributed by atoms with E-state index >= 15 is 0 Å². The van der Waals surface area contributed by atoms with Crippen molar-refractivity contribution < 1.29 is 5.11 Å². The Kier molecular flexibility index (Phi) is 5.38. The highest BCUT2D eigenvalue weighted by Crippen LogP contribution is 2.09. The van der Waals surface area contributed by atoms with Crippen LogP contribution in [0.25, 0.3) is 0 Å². The molecule has 0 aromatic rings. The zero-order chi connectivity index (χ0) is 7.11. The normalized spacial score (nSPS) is 9.11. The van der Waals surface area contributed by atoms with Crippen molar-refractivity contribution in [2.45, 2.75) is 39.5 Å². The van der Waals surface area contributed by atoms with Gasteiger partial charge in [0.25, 0.3) is 0 Å². The molecule has 0 radical (unpaired) electrons. The van der Waals surface area contributed by atoms with Gasteiger partial charge in [-0.3, -0.25) is 0 Å². The molecule has 0 unspecified atom stereocenters. The van der Waals surface area contributed by atoms with Crippen LogP contribution in [-0.2, 0) is 0 Å². The Labute approximate surface area is 57.4 Å². The van der Waals surface area contributed by atoms with Crippen LogP contribution in [0.2, 0.25) is 0 Å². The summed E-state index contributed by atoms with van der Waals surface area (Å²) in [6, 6.07) is 0. The molecule has 54 valence electrons. The maximum Gasteiger partial charge on any atom is 0.0783 e. The fraction of sp³-hybridized carbons (Fsp3) is 0.750. The van der Waals surface area contributed by atoms with Crippen LogP contribution in [0.15, 0.2) is 11.8 Å². The third-order valence-corrected chi connectivity index (χ3v) is 1.32. The standard InChI is InChI=1S/C8H16O/c1-3-5-8(7-9)6-4-2/h7,9H,3-6H2,1-2H3. The minimum atomic E-state index is 1.05. The fourth-order valence-electron chi connectivity index (χ4n) is 0.896. The van der Waals surface area contributed by atoms with Crippen molar-refractivity contribution in [2.24, 2.45) is 0 Å². The summed E-state index contributed by atoms with van der Waals surface area (Å²) in [5, 5.41) is 8.63. The largest absolute Gasteiger partial charge is 0.516 e. The number of hydrogen-bond acceptors (Lipinski definition) is 1. The lowest BCUT2D eigenvalue weighted by Gasteiger charge is -1.99. The summed E-state index contributed by atoms with van der Waals surface area (Å²) in [5.74, 6) is 0. The van der Waals surface area contributed by atoms with E-state index in [1.54, 1.807) is 0 Å². The van der Waals surface area contributed by atoms with Crippen molar-refractivity contribution in [1.82, 2.24) is 0 Å². The monoisotopic (exact) mass is 128 g/mol. The second-order valence-corrected chi connectivity index (χ2v) is 2.29. The van der Waals surface area contributed by atoms with Gasteiger partial charge in [-0.25, -0.2) is 0 Å². The molecule has 1 heteroatoms. The van der Waals surface area contributed by atoms with E-state index < -0.39 is 0 Å². The van der Waals surface area contributed by atoms with Gasteiger partial charge >= 0.3 is 0 Å². The molecule has 0 spiro atoms. The van der Waals surface area contributed by atoms with Crippen molar-refractivity contribution in [2.75, 3.05) is 0 Å². The average molecular weight is 128 g/mol. The molecule has 1 N–H and O–H groups in total. The van der Waals surface area contributed by atoms with Gasteiger partial charge in [0.05, 0.1) is 6.26 Å². The van der Waals surface area contributed by atoms with Crippen molar-refractivity contribution in [1.29, 1.82) is 0 Å². The Hall–Kier alpha value is -0.460. The zero-order valence-corrected chi connectivity index (χ0v) is 6.35. The maximum atomic E-state index is 8.63. The molecule has 0 rings (SSSR count).